The maximum Gasteiger partial charge on any atom is 0.217 e. The standard InChI is InChI=1S/C12H15N3O/c1-8(2)5-9-11-6-13-7-15(11)10-3-4-16-12(10)14-9/h3-4,6-9,14H,5H2,1-2H3. The zero-order valence-corrected chi connectivity index (χ0v) is 9.47. The molecule has 0 aromatic carbocycles. The van der Waals surface area contributed by atoms with Crippen molar-refractivity contribution in [1.82, 2.24) is 9.55 Å². The average molecular weight is 217 g/mol. The molecule has 1 aliphatic heterocycles. The fourth-order valence-electron chi connectivity index (χ4n) is 2.25. The molecule has 0 saturated heterocycles. The van der Waals surface area contributed by atoms with Gasteiger partial charge in [0.05, 0.1) is 30.5 Å². The SMILES string of the molecule is CC(C)CC1Nc2occc2-n2cncc21. The number of furan rings is 1. The molecule has 1 atom stereocenters. The Morgan fingerprint density at radius 2 is 2.44 bits per heavy atom. The smallest absolute Gasteiger partial charge is 0.217 e. The lowest BCUT2D eigenvalue weighted by atomic mass is 10.0. The van der Waals surface area contributed by atoms with Crippen LogP contribution in [0.3, 0.4) is 0 Å². The molecular weight excluding hydrogens is 202 g/mol. The Morgan fingerprint density at radius 3 is 3.25 bits per heavy atom. The first-order valence-electron chi connectivity index (χ1n) is 5.62. The number of anilines is 1. The summed E-state index contributed by atoms with van der Waals surface area (Å²) in [7, 11) is 0. The Hall–Kier alpha value is -1.71. The first-order valence-corrected chi connectivity index (χ1v) is 5.62. The minimum Gasteiger partial charge on any atom is -0.447 e. The van der Waals surface area contributed by atoms with Gasteiger partial charge >= 0.3 is 0 Å². The number of nitrogens with one attached hydrogen (secondary N) is 1. The molecule has 0 amide bonds. The predicted molar refractivity (Wildman–Crippen MR) is 61.6 cm³/mol. The summed E-state index contributed by atoms with van der Waals surface area (Å²) in [6, 6.07) is 2.25. The zero-order chi connectivity index (χ0) is 11.1. The van der Waals surface area contributed by atoms with Crippen LogP contribution >= 0.6 is 0 Å². The summed E-state index contributed by atoms with van der Waals surface area (Å²) in [5, 5.41) is 3.42. The Labute approximate surface area is 94.3 Å². The Kier molecular flexibility index (Phi) is 2.02. The Morgan fingerprint density at radius 1 is 1.56 bits per heavy atom. The largest absolute Gasteiger partial charge is 0.447 e. The highest BCUT2D eigenvalue weighted by Gasteiger charge is 2.26. The van der Waals surface area contributed by atoms with Gasteiger partial charge in [0, 0.05) is 6.07 Å². The van der Waals surface area contributed by atoms with E-state index in [1.807, 2.05) is 18.6 Å². The van der Waals surface area contributed by atoms with E-state index in [0.29, 0.717) is 12.0 Å². The van der Waals surface area contributed by atoms with E-state index in [0.717, 1.165) is 18.0 Å². The molecule has 0 fully saturated rings. The molecule has 16 heavy (non-hydrogen) atoms. The number of aromatic nitrogens is 2. The van der Waals surface area contributed by atoms with Gasteiger partial charge in [-0.1, -0.05) is 13.8 Å². The number of hydrogen-bond acceptors (Lipinski definition) is 3. The van der Waals surface area contributed by atoms with Crippen LogP contribution in [-0.2, 0) is 0 Å². The summed E-state index contributed by atoms with van der Waals surface area (Å²) in [5.41, 5.74) is 2.26. The van der Waals surface area contributed by atoms with E-state index in [9.17, 15) is 0 Å². The van der Waals surface area contributed by atoms with E-state index in [2.05, 4.69) is 28.7 Å². The fraction of sp³-hybridized carbons (Fsp3) is 0.417. The van der Waals surface area contributed by atoms with Crippen molar-refractivity contribution in [2.75, 3.05) is 5.32 Å². The van der Waals surface area contributed by atoms with Crippen LogP contribution in [0.1, 0.15) is 32.0 Å². The second kappa shape index (κ2) is 3.40. The van der Waals surface area contributed by atoms with E-state index in [-0.39, 0.29) is 0 Å². The van der Waals surface area contributed by atoms with Gasteiger partial charge in [-0.25, -0.2) is 4.98 Å². The van der Waals surface area contributed by atoms with Gasteiger partial charge in [-0.05, 0) is 12.3 Å². The van der Waals surface area contributed by atoms with Crippen molar-refractivity contribution < 1.29 is 4.42 Å². The molecule has 4 heteroatoms. The van der Waals surface area contributed by atoms with Crippen LogP contribution in [0.25, 0.3) is 5.69 Å². The second-order valence-corrected chi connectivity index (χ2v) is 4.65. The van der Waals surface area contributed by atoms with E-state index in [1.54, 1.807) is 6.26 Å². The minimum atomic E-state index is 0.293. The second-order valence-electron chi connectivity index (χ2n) is 4.65. The zero-order valence-electron chi connectivity index (χ0n) is 9.47. The third-order valence-corrected chi connectivity index (χ3v) is 2.94. The number of hydrogen-bond donors (Lipinski definition) is 1. The molecule has 84 valence electrons. The van der Waals surface area contributed by atoms with Crippen LogP contribution in [0, 0.1) is 5.92 Å². The molecule has 4 nitrogen and oxygen atoms in total. The van der Waals surface area contributed by atoms with E-state index >= 15 is 0 Å². The van der Waals surface area contributed by atoms with Crippen LogP contribution in [0.15, 0.2) is 29.3 Å². The van der Waals surface area contributed by atoms with Crippen LogP contribution in [0.5, 0.6) is 0 Å². The van der Waals surface area contributed by atoms with Crippen LogP contribution in [-0.4, -0.2) is 9.55 Å². The topological polar surface area (TPSA) is 43.0 Å². The average Bonchev–Trinajstić information content (AvgIpc) is 2.82. The summed E-state index contributed by atoms with van der Waals surface area (Å²) in [6.07, 6.45) is 6.55. The van der Waals surface area contributed by atoms with Gasteiger partial charge in [-0.2, -0.15) is 0 Å². The lowest BCUT2D eigenvalue weighted by molar-refractivity contribution is 0.489. The van der Waals surface area contributed by atoms with Gasteiger partial charge in [-0.3, -0.25) is 4.57 Å². The summed E-state index contributed by atoms with van der Waals surface area (Å²) in [5.74, 6) is 1.48. The van der Waals surface area contributed by atoms with Gasteiger partial charge < -0.3 is 9.73 Å². The quantitative estimate of drug-likeness (QED) is 0.841. The van der Waals surface area contributed by atoms with Crippen molar-refractivity contribution in [1.29, 1.82) is 0 Å². The molecular formula is C12H15N3O. The monoisotopic (exact) mass is 217 g/mol. The minimum absolute atomic E-state index is 0.293. The number of nitrogens with zero attached hydrogens (tertiary/aromatic N) is 2. The summed E-state index contributed by atoms with van der Waals surface area (Å²) in [4.78, 5) is 4.22. The molecule has 1 aliphatic rings. The first-order chi connectivity index (χ1) is 7.75. The number of fused-ring (bicyclic) bond motifs is 3. The highest BCUT2D eigenvalue weighted by atomic mass is 16.3. The van der Waals surface area contributed by atoms with Crippen LogP contribution in [0.4, 0.5) is 5.88 Å². The lowest BCUT2D eigenvalue weighted by Crippen LogP contribution is -2.21. The lowest BCUT2D eigenvalue weighted by Gasteiger charge is -2.26. The van der Waals surface area contributed by atoms with E-state index < -0.39 is 0 Å². The van der Waals surface area contributed by atoms with Crippen molar-refractivity contribution in [2.24, 2.45) is 5.92 Å². The molecule has 0 radical (unpaired) electrons. The molecule has 3 rings (SSSR count). The number of rotatable bonds is 2. The fourth-order valence-corrected chi connectivity index (χ4v) is 2.25. The highest BCUT2D eigenvalue weighted by Crippen LogP contribution is 2.36. The van der Waals surface area contributed by atoms with Gasteiger partial charge in [0.25, 0.3) is 0 Å². The van der Waals surface area contributed by atoms with E-state index in [4.69, 9.17) is 4.42 Å². The number of imidazole rings is 1. The van der Waals surface area contributed by atoms with E-state index in [1.165, 1.54) is 5.69 Å². The maximum atomic E-state index is 5.43. The van der Waals surface area contributed by atoms with Crippen molar-refractivity contribution in [3.8, 4) is 5.69 Å². The third-order valence-electron chi connectivity index (χ3n) is 2.94. The molecule has 0 saturated carbocycles. The van der Waals surface area contributed by atoms with Crippen molar-refractivity contribution >= 4 is 5.88 Å². The molecule has 0 bridgehead atoms. The van der Waals surface area contributed by atoms with Gasteiger partial charge in [0.1, 0.15) is 5.69 Å². The summed E-state index contributed by atoms with van der Waals surface area (Å²) in [6.45, 7) is 4.44. The molecule has 1 unspecified atom stereocenters. The Bertz CT molecular complexity index is 498. The normalized spacial score (nSPS) is 18.1. The predicted octanol–water partition coefficient (Wildman–Crippen LogP) is 2.98. The van der Waals surface area contributed by atoms with Crippen LogP contribution < -0.4 is 5.32 Å². The molecule has 2 aromatic rings. The summed E-state index contributed by atoms with van der Waals surface area (Å²) >= 11 is 0. The molecule has 1 N–H and O–H groups in total. The Balaban J connectivity index is 2.04. The van der Waals surface area contributed by atoms with Crippen molar-refractivity contribution in [3.05, 3.63) is 30.5 Å². The molecule has 0 aliphatic carbocycles. The third kappa shape index (κ3) is 1.33. The van der Waals surface area contributed by atoms with Gasteiger partial charge in [0.15, 0.2) is 0 Å². The molecule has 3 heterocycles. The highest BCUT2D eigenvalue weighted by molar-refractivity contribution is 5.58. The van der Waals surface area contributed by atoms with Gasteiger partial charge in [0.2, 0.25) is 5.88 Å². The van der Waals surface area contributed by atoms with Crippen molar-refractivity contribution in [3.63, 3.8) is 0 Å². The van der Waals surface area contributed by atoms with Gasteiger partial charge in [-0.15, -0.1) is 0 Å². The van der Waals surface area contributed by atoms with Crippen LogP contribution in [0.2, 0.25) is 0 Å². The first kappa shape index (κ1) is 9.51. The van der Waals surface area contributed by atoms with Crippen molar-refractivity contribution in [2.45, 2.75) is 26.3 Å². The maximum absolute atomic E-state index is 5.43. The molecule has 2 aromatic heterocycles. The molecule has 0 spiro atoms. The summed E-state index contributed by atoms with van der Waals surface area (Å²) < 4.78 is 7.53.